The lowest BCUT2D eigenvalue weighted by Crippen LogP contribution is -2.41. The van der Waals surface area contributed by atoms with Gasteiger partial charge >= 0.3 is 0 Å². The molecule has 0 radical (unpaired) electrons. The van der Waals surface area contributed by atoms with Crippen molar-refractivity contribution in [2.45, 2.75) is 13.8 Å². The number of amides is 3. The van der Waals surface area contributed by atoms with Crippen LogP contribution in [0.5, 0.6) is 0 Å². The van der Waals surface area contributed by atoms with Crippen molar-refractivity contribution in [2.24, 2.45) is 0 Å². The predicted octanol–water partition coefficient (Wildman–Crippen LogP) is -1.35. The van der Waals surface area contributed by atoms with Crippen molar-refractivity contribution < 1.29 is 19.2 Å². The van der Waals surface area contributed by atoms with Gasteiger partial charge in [0.25, 0.3) is 5.91 Å². The van der Waals surface area contributed by atoms with Crippen molar-refractivity contribution in [3.63, 3.8) is 0 Å². The lowest BCUT2D eigenvalue weighted by molar-refractivity contribution is -0.140. The number of hydrogen-bond acceptors (Lipinski definition) is 4. The first-order chi connectivity index (χ1) is 5.99. The van der Waals surface area contributed by atoms with Gasteiger partial charge in [0.1, 0.15) is 6.67 Å². The molecule has 0 atom stereocenters. The molecule has 1 N–H and O–H groups in total. The maximum absolute atomic E-state index is 10.7. The van der Waals surface area contributed by atoms with Crippen LogP contribution in [-0.2, 0) is 19.2 Å². The molecule has 13 heavy (non-hydrogen) atoms. The molecule has 72 valence electrons. The zero-order valence-electron chi connectivity index (χ0n) is 7.36. The Morgan fingerprint density at radius 1 is 1.31 bits per heavy atom. The molecular weight excluding hydrogens is 176 g/mol. The quantitative estimate of drug-likeness (QED) is 0.334. The number of imide groups is 1. The standard InChI is InChI=1S/C7H10N2O4/c1-5(11)7(13)8-3-9(4-10)6(2)12/h4H,3H2,1-2H3,(H,8,13). The normalized spacial score (nSPS) is 8.77. The monoisotopic (exact) mass is 186 g/mol. The zero-order valence-corrected chi connectivity index (χ0v) is 7.36. The third-order valence-corrected chi connectivity index (χ3v) is 1.26. The fraction of sp³-hybridized carbons (Fsp3) is 0.429. The van der Waals surface area contributed by atoms with Gasteiger partial charge in [0, 0.05) is 13.8 Å². The van der Waals surface area contributed by atoms with Gasteiger partial charge in [0.05, 0.1) is 0 Å². The van der Waals surface area contributed by atoms with Crippen LogP contribution < -0.4 is 5.32 Å². The average molecular weight is 186 g/mol. The molecule has 0 aromatic carbocycles. The number of hydrogen-bond donors (Lipinski definition) is 1. The summed E-state index contributed by atoms with van der Waals surface area (Å²) in [6.07, 6.45) is 0.281. The average Bonchev–Trinajstić information content (AvgIpc) is 2.04. The minimum atomic E-state index is -0.826. The molecule has 0 saturated carbocycles. The van der Waals surface area contributed by atoms with Crippen molar-refractivity contribution in [3.05, 3.63) is 0 Å². The van der Waals surface area contributed by atoms with Crippen molar-refractivity contribution in [2.75, 3.05) is 6.67 Å². The van der Waals surface area contributed by atoms with Gasteiger partial charge in [-0.3, -0.25) is 24.1 Å². The summed E-state index contributed by atoms with van der Waals surface area (Å²) in [6.45, 7) is 1.99. The summed E-state index contributed by atoms with van der Waals surface area (Å²) in [4.78, 5) is 42.6. The third-order valence-electron chi connectivity index (χ3n) is 1.26. The van der Waals surface area contributed by atoms with Gasteiger partial charge in [-0.15, -0.1) is 0 Å². The van der Waals surface area contributed by atoms with Crippen LogP contribution in [0.2, 0.25) is 0 Å². The summed E-state index contributed by atoms with van der Waals surface area (Å²) in [6, 6.07) is 0. The molecule has 3 amide bonds. The molecule has 0 aliphatic rings. The Hall–Kier alpha value is -1.72. The van der Waals surface area contributed by atoms with Crippen molar-refractivity contribution in [1.29, 1.82) is 0 Å². The van der Waals surface area contributed by atoms with E-state index in [1.165, 1.54) is 6.92 Å². The van der Waals surface area contributed by atoms with Crippen LogP contribution in [0.4, 0.5) is 0 Å². The number of nitrogens with one attached hydrogen (secondary N) is 1. The smallest absolute Gasteiger partial charge is 0.288 e. The number of rotatable bonds is 4. The first-order valence-electron chi connectivity index (χ1n) is 3.50. The zero-order chi connectivity index (χ0) is 10.4. The molecular formula is C7H10N2O4. The van der Waals surface area contributed by atoms with E-state index in [-0.39, 0.29) is 13.1 Å². The van der Waals surface area contributed by atoms with Gasteiger partial charge in [0.15, 0.2) is 0 Å². The Kier molecular flexibility index (Phi) is 4.36. The van der Waals surface area contributed by atoms with E-state index < -0.39 is 17.6 Å². The number of carbonyl (C=O) groups excluding carboxylic acids is 4. The molecule has 0 spiro atoms. The highest BCUT2D eigenvalue weighted by atomic mass is 16.2. The summed E-state index contributed by atoms with van der Waals surface area (Å²) >= 11 is 0. The second-order valence-electron chi connectivity index (χ2n) is 2.31. The maximum Gasteiger partial charge on any atom is 0.288 e. The van der Waals surface area contributed by atoms with Crippen molar-refractivity contribution in [1.82, 2.24) is 10.2 Å². The predicted molar refractivity (Wildman–Crippen MR) is 42.3 cm³/mol. The SMILES string of the molecule is CC(=O)C(=O)NCN(C=O)C(C)=O. The van der Waals surface area contributed by atoms with Gasteiger partial charge in [-0.2, -0.15) is 0 Å². The van der Waals surface area contributed by atoms with Crippen LogP contribution in [-0.4, -0.2) is 35.6 Å². The van der Waals surface area contributed by atoms with Crippen LogP contribution in [0.3, 0.4) is 0 Å². The van der Waals surface area contributed by atoms with Crippen LogP contribution in [0.25, 0.3) is 0 Å². The maximum atomic E-state index is 10.7. The van der Waals surface area contributed by atoms with Crippen LogP contribution >= 0.6 is 0 Å². The Morgan fingerprint density at radius 3 is 2.15 bits per heavy atom. The molecule has 0 bridgehead atoms. The Bertz CT molecular complexity index is 249. The van der Waals surface area contributed by atoms with E-state index >= 15 is 0 Å². The second-order valence-corrected chi connectivity index (χ2v) is 2.31. The van der Waals surface area contributed by atoms with Gasteiger partial charge in [0.2, 0.25) is 18.1 Å². The number of Topliss-reactive ketones (excluding diaryl/α,β-unsaturated/α-hetero) is 1. The number of carbonyl (C=O) groups is 4. The molecule has 0 unspecified atom stereocenters. The van der Waals surface area contributed by atoms with E-state index in [0.717, 1.165) is 11.8 Å². The molecule has 0 rings (SSSR count). The molecule has 0 fully saturated rings. The molecule has 0 saturated heterocycles. The largest absolute Gasteiger partial charge is 0.331 e. The molecule has 0 heterocycles. The highest BCUT2D eigenvalue weighted by Crippen LogP contribution is 1.81. The third kappa shape index (κ3) is 4.00. The van der Waals surface area contributed by atoms with Crippen molar-refractivity contribution >= 4 is 24.0 Å². The van der Waals surface area contributed by atoms with Gasteiger partial charge in [-0.25, -0.2) is 0 Å². The minimum absolute atomic E-state index is 0.281. The Morgan fingerprint density at radius 2 is 1.85 bits per heavy atom. The van der Waals surface area contributed by atoms with E-state index in [1.807, 2.05) is 0 Å². The summed E-state index contributed by atoms with van der Waals surface area (Å²) in [7, 11) is 0. The van der Waals surface area contributed by atoms with Gasteiger partial charge in [-0.05, 0) is 0 Å². The van der Waals surface area contributed by atoms with Crippen LogP contribution in [0.1, 0.15) is 13.8 Å². The first-order valence-corrected chi connectivity index (χ1v) is 3.50. The lowest BCUT2D eigenvalue weighted by Gasteiger charge is -2.12. The van der Waals surface area contributed by atoms with E-state index in [0.29, 0.717) is 0 Å². The fourth-order valence-corrected chi connectivity index (χ4v) is 0.504. The topological polar surface area (TPSA) is 83.6 Å². The fourth-order valence-electron chi connectivity index (χ4n) is 0.504. The summed E-state index contributed by atoms with van der Waals surface area (Å²) in [5.74, 6) is -2.00. The van der Waals surface area contributed by atoms with E-state index in [4.69, 9.17) is 0 Å². The van der Waals surface area contributed by atoms with E-state index in [9.17, 15) is 19.2 Å². The first kappa shape index (κ1) is 11.3. The molecule has 0 aromatic heterocycles. The van der Waals surface area contributed by atoms with Crippen LogP contribution in [0.15, 0.2) is 0 Å². The summed E-state index contributed by atoms with van der Waals surface area (Å²) in [5, 5.41) is 2.10. The lowest BCUT2D eigenvalue weighted by atomic mass is 10.4. The highest BCUT2D eigenvalue weighted by molar-refractivity contribution is 6.35. The number of ketones is 1. The Labute approximate surface area is 74.9 Å². The van der Waals surface area contributed by atoms with Gasteiger partial charge in [-0.1, -0.05) is 0 Å². The minimum Gasteiger partial charge on any atom is -0.331 e. The summed E-state index contributed by atoms with van der Waals surface area (Å²) < 4.78 is 0. The highest BCUT2D eigenvalue weighted by Gasteiger charge is 2.10. The molecule has 0 aliphatic carbocycles. The molecule has 6 nitrogen and oxygen atoms in total. The van der Waals surface area contributed by atoms with Gasteiger partial charge < -0.3 is 5.32 Å². The summed E-state index contributed by atoms with van der Waals surface area (Å²) in [5.41, 5.74) is 0. The number of nitrogens with zero attached hydrogens (tertiary/aromatic N) is 1. The molecule has 6 heteroatoms. The van der Waals surface area contributed by atoms with Crippen LogP contribution in [0, 0.1) is 0 Å². The second kappa shape index (κ2) is 5.02. The Balaban J connectivity index is 4.00. The van der Waals surface area contributed by atoms with Crippen molar-refractivity contribution in [3.8, 4) is 0 Å². The van der Waals surface area contributed by atoms with E-state index in [1.54, 1.807) is 0 Å². The van der Waals surface area contributed by atoms with E-state index in [2.05, 4.69) is 5.32 Å². The molecule has 0 aliphatic heterocycles. The molecule has 0 aromatic rings.